The number of carbonyl (C=O) groups is 1. The van der Waals surface area contributed by atoms with Gasteiger partial charge in [0.15, 0.2) is 0 Å². The van der Waals surface area contributed by atoms with E-state index in [9.17, 15) is 26.9 Å². The van der Waals surface area contributed by atoms with Crippen LogP contribution in [0.15, 0.2) is 45.7 Å². The molecule has 0 radical (unpaired) electrons. The molecule has 0 saturated heterocycles. The smallest absolute Gasteiger partial charge is 0.277 e. The first kappa shape index (κ1) is 21.5. The maximum atomic E-state index is 13.0. The summed E-state index contributed by atoms with van der Waals surface area (Å²) in [5.74, 6) is -1.22. The highest BCUT2D eigenvalue weighted by atomic mass is 32.2. The average molecular weight is 446 g/mol. The van der Waals surface area contributed by atoms with Crippen LogP contribution in [0.3, 0.4) is 0 Å². The summed E-state index contributed by atoms with van der Waals surface area (Å²) in [4.78, 5) is 12.6. The summed E-state index contributed by atoms with van der Waals surface area (Å²) in [6.45, 7) is 6.78. The second kappa shape index (κ2) is 7.27. The Balaban J connectivity index is 2.11. The SMILES string of the molecule is Cc1cc(C)c(C)c(S(=O)(=O)NC(=O)C(C#N)=C2NS(=O)(=O)c3ccccc32)c1C. The number of nitrogens with one attached hydrogen (secondary N) is 2. The predicted molar refractivity (Wildman–Crippen MR) is 110 cm³/mol. The highest BCUT2D eigenvalue weighted by Gasteiger charge is 2.34. The van der Waals surface area contributed by atoms with E-state index < -0.39 is 31.5 Å². The summed E-state index contributed by atoms with van der Waals surface area (Å²) < 4.78 is 54.6. The molecule has 10 heteroatoms. The number of fused-ring (bicyclic) bond motifs is 1. The standard InChI is InChI=1S/C20H19N3O5S2/c1-11-9-12(2)14(4)19(13(11)3)30(27,28)23-20(24)16(10-21)18-15-7-5-6-8-17(15)29(25,26)22-18/h5-9,22H,1-4H3,(H,23,24). The summed E-state index contributed by atoms with van der Waals surface area (Å²) in [6.07, 6.45) is 0. The lowest BCUT2D eigenvalue weighted by Crippen LogP contribution is -2.33. The maximum absolute atomic E-state index is 13.0. The minimum absolute atomic E-state index is 0.0388. The number of aryl methyl sites for hydroxylation is 2. The second-order valence-corrected chi connectivity index (χ2v) is 10.3. The fourth-order valence-electron chi connectivity index (χ4n) is 3.37. The second-order valence-electron chi connectivity index (χ2n) is 6.99. The van der Waals surface area contributed by atoms with E-state index >= 15 is 0 Å². The Morgan fingerprint density at radius 2 is 1.63 bits per heavy atom. The highest BCUT2D eigenvalue weighted by molar-refractivity contribution is 7.90. The molecule has 0 aliphatic carbocycles. The van der Waals surface area contributed by atoms with Crippen molar-refractivity contribution in [3.63, 3.8) is 0 Å². The number of nitriles is 1. The molecule has 0 unspecified atom stereocenters. The van der Waals surface area contributed by atoms with E-state index in [1.54, 1.807) is 39.8 Å². The fourth-order valence-corrected chi connectivity index (χ4v) is 6.25. The molecule has 1 aliphatic rings. The van der Waals surface area contributed by atoms with Gasteiger partial charge in [0.2, 0.25) is 0 Å². The van der Waals surface area contributed by atoms with Crippen LogP contribution in [0.25, 0.3) is 5.70 Å². The lowest BCUT2D eigenvalue weighted by atomic mass is 10.0. The van der Waals surface area contributed by atoms with Gasteiger partial charge in [0.25, 0.3) is 26.0 Å². The zero-order valence-electron chi connectivity index (χ0n) is 16.7. The van der Waals surface area contributed by atoms with E-state index in [2.05, 4.69) is 4.72 Å². The van der Waals surface area contributed by atoms with Gasteiger partial charge in [-0.1, -0.05) is 24.3 Å². The Morgan fingerprint density at radius 1 is 1.07 bits per heavy atom. The molecule has 156 valence electrons. The molecule has 0 spiro atoms. The average Bonchev–Trinajstić information content (AvgIpc) is 2.92. The van der Waals surface area contributed by atoms with Crippen LogP contribution < -0.4 is 9.44 Å². The van der Waals surface area contributed by atoms with Crippen LogP contribution >= 0.6 is 0 Å². The number of sulfonamides is 2. The third-order valence-electron chi connectivity index (χ3n) is 5.06. The molecule has 1 aliphatic heterocycles. The fraction of sp³-hybridized carbons (Fsp3) is 0.200. The molecule has 3 rings (SSSR count). The Morgan fingerprint density at radius 3 is 2.20 bits per heavy atom. The van der Waals surface area contributed by atoms with Gasteiger partial charge in [0.1, 0.15) is 11.6 Å². The molecule has 0 fully saturated rings. The normalized spacial score (nSPS) is 16.2. The third-order valence-corrected chi connectivity index (χ3v) is 8.08. The Bertz CT molecular complexity index is 1360. The maximum Gasteiger partial charge on any atom is 0.277 e. The number of hydrogen-bond donors (Lipinski definition) is 2. The van der Waals surface area contributed by atoms with Crippen LogP contribution in [0.2, 0.25) is 0 Å². The molecule has 0 saturated carbocycles. The number of amides is 1. The summed E-state index contributed by atoms with van der Waals surface area (Å²) in [5, 5.41) is 9.52. The van der Waals surface area contributed by atoms with Crippen LogP contribution in [-0.4, -0.2) is 22.7 Å². The van der Waals surface area contributed by atoms with Crippen molar-refractivity contribution >= 4 is 31.7 Å². The first-order valence-corrected chi connectivity index (χ1v) is 11.8. The van der Waals surface area contributed by atoms with Crippen molar-refractivity contribution in [2.45, 2.75) is 37.5 Å². The van der Waals surface area contributed by atoms with Crippen molar-refractivity contribution in [1.82, 2.24) is 9.44 Å². The van der Waals surface area contributed by atoms with Crippen molar-refractivity contribution in [3.05, 3.63) is 63.7 Å². The van der Waals surface area contributed by atoms with Crippen LogP contribution in [0, 0.1) is 39.0 Å². The zero-order valence-corrected chi connectivity index (χ0v) is 18.3. The van der Waals surface area contributed by atoms with Crippen LogP contribution in [-0.2, 0) is 24.8 Å². The monoisotopic (exact) mass is 445 g/mol. The predicted octanol–water partition coefficient (Wildman–Crippen LogP) is 1.95. The van der Waals surface area contributed by atoms with Gasteiger partial charge in [-0.2, -0.15) is 5.26 Å². The molecule has 0 bridgehead atoms. The molecular weight excluding hydrogens is 426 g/mol. The summed E-state index contributed by atoms with van der Waals surface area (Å²) >= 11 is 0. The van der Waals surface area contributed by atoms with E-state index in [0.29, 0.717) is 11.1 Å². The minimum atomic E-state index is -4.32. The molecule has 30 heavy (non-hydrogen) atoms. The van der Waals surface area contributed by atoms with Gasteiger partial charge < -0.3 is 0 Å². The number of hydrogen-bond acceptors (Lipinski definition) is 6. The van der Waals surface area contributed by atoms with E-state index in [-0.39, 0.29) is 21.1 Å². The zero-order chi connectivity index (χ0) is 22.4. The van der Waals surface area contributed by atoms with Gasteiger partial charge in [-0.25, -0.2) is 21.6 Å². The van der Waals surface area contributed by atoms with E-state index in [4.69, 9.17) is 0 Å². The van der Waals surface area contributed by atoms with Gasteiger partial charge >= 0.3 is 0 Å². The molecule has 0 aromatic heterocycles. The van der Waals surface area contributed by atoms with Crippen molar-refractivity contribution in [3.8, 4) is 6.07 Å². The summed E-state index contributed by atoms with van der Waals surface area (Å²) in [6, 6.07) is 9.28. The van der Waals surface area contributed by atoms with Crippen molar-refractivity contribution < 1.29 is 21.6 Å². The lowest BCUT2D eigenvalue weighted by molar-refractivity contribution is -0.115. The number of benzene rings is 2. The largest absolute Gasteiger partial charge is 0.277 e. The van der Waals surface area contributed by atoms with Crippen molar-refractivity contribution in [1.29, 1.82) is 5.26 Å². The molecule has 1 amide bonds. The molecule has 8 nitrogen and oxygen atoms in total. The first-order valence-electron chi connectivity index (χ1n) is 8.82. The summed E-state index contributed by atoms with van der Waals surface area (Å²) in [7, 11) is -8.27. The molecule has 2 N–H and O–H groups in total. The first-order chi connectivity index (χ1) is 13.9. The quantitative estimate of drug-likeness (QED) is 0.548. The lowest BCUT2D eigenvalue weighted by Gasteiger charge is -2.16. The summed E-state index contributed by atoms with van der Waals surface area (Å²) in [5.41, 5.74) is 1.67. The van der Waals surface area contributed by atoms with E-state index in [1.165, 1.54) is 18.2 Å². The van der Waals surface area contributed by atoms with Gasteiger partial charge in [0, 0.05) is 5.56 Å². The Kier molecular flexibility index (Phi) is 5.22. The number of rotatable bonds is 3. The molecule has 0 atom stereocenters. The molecular formula is C20H19N3O5S2. The number of nitrogens with zero attached hydrogens (tertiary/aromatic N) is 1. The van der Waals surface area contributed by atoms with Gasteiger partial charge in [0.05, 0.1) is 15.5 Å². The topological polar surface area (TPSA) is 133 Å². The highest BCUT2D eigenvalue weighted by Crippen LogP contribution is 2.32. The van der Waals surface area contributed by atoms with Gasteiger partial charge in [-0.3, -0.25) is 9.52 Å². The Labute approximate surface area is 175 Å². The molecule has 2 aromatic carbocycles. The van der Waals surface area contributed by atoms with E-state index in [0.717, 1.165) is 11.1 Å². The Hall–Kier alpha value is -3.16. The van der Waals surface area contributed by atoms with Gasteiger partial charge in [-0.05, 0) is 56.0 Å². The van der Waals surface area contributed by atoms with Crippen LogP contribution in [0.1, 0.15) is 27.8 Å². The van der Waals surface area contributed by atoms with Crippen molar-refractivity contribution in [2.75, 3.05) is 0 Å². The number of carbonyl (C=O) groups excluding carboxylic acids is 1. The molecule has 2 aromatic rings. The van der Waals surface area contributed by atoms with E-state index in [1.807, 2.05) is 10.8 Å². The van der Waals surface area contributed by atoms with Crippen LogP contribution in [0.4, 0.5) is 0 Å². The van der Waals surface area contributed by atoms with Crippen LogP contribution in [0.5, 0.6) is 0 Å². The minimum Gasteiger partial charge on any atom is -0.277 e. The third kappa shape index (κ3) is 3.46. The van der Waals surface area contributed by atoms with Crippen molar-refractivity contribution in [2.24, 2.45) is 0 Å². The van der Waals surface area contributed by atoms with Gasteiger partial charge in [-0.15, -0.1) is 0 Å². The molecule has 1 heterocycles.